The Labute approximate surface area is 170 Å². The molecule has 0 bridgehead atoms. The van der Waals surface area contributed by atoms with E-state index in [4.69, 9.17) is 4.74 Å². The van der Waals surface area contributed by atoms with Crippen LogP contribution >= 0.6 is 0 Å². The Balaban J connectivity index is 1.35. The average Bonchev–Trinajstić information content (AvgIpc) is 2.79. The van der Waals surface area contributed by atoms with Gasteiger partial charge >= 0.3 is 0 Å². The predicted molar refractivity (Wildman–Crippen MR) is 115 cm³/mol. The second kappa shape index (κ2) is 10.2. The van der Waals surface area contributed by atoms with Gasteiger partial charge in [0.25, 0.3) is 0 Å². The zero-order valence-electron chi connectivity index (χ0n) is 17.0. The van der Waals surface area contributed by atoms with Crippen molar-refractivity contribution in [1.82, 2.24) is 9.80 Å². The summed E-state index contributed by atoms with van der Waals surface area (Å²) in [4.78, 5) is 5.39. The van der Waals surface area contributed by atoms with Gasteiger partial charge in [-0.3, -0.25) is 9.80 Å². The summed E-state index contributed by atoms with van der Waals surface area (Å²) in [7, 11) is 0. The molecular weight excluding hydrogens is 344 g/mol. The molecule has 1 aliphatic heterocycles. The molecule has 2 aromatic rings. The first-order chi connectivity index (χ1) is 13.9. The maximum absolute atomic E-state index is 6.18. The first-order valence-electron chi connectivity index (χ1n) is 11.0. The number of benzene rings is 2. The molecule has 3 nitrogen and oxygen atoms in total. The summed E-state index contributed by atoms with van der Waals surface area (Å²) < 4.78 is 6.18. The van der Waals surface area contributed by atoms with Crippen LogP contribution in [0.4, 0.5) is 0 Å². The molecular formula is C25H34N2O. The number of nitrogens with zero attached hydrogens (tertiary/aromatic N) is 2. The first kappa shape index (κ1) is 19.6. The van der Waals surface area contributed by atoms with Gasteiger partial charge in [0.2, 0.25) is 0 Å². The molecule has 4 rings (SSSR count). The third-order valence-corrected chi connectivity index (χ3v) is 6.45. The lowest BCUT2D eigenvalue weighted by Gasteiger charge is -2.43. The fourth-order valence-electron chi connectivity index (χ4n) is 4.81. The quantitative estimate of drug-likeness (QED) is 0.682. The molecule has 3 heteroatoms. The van der Waals surface area contributed by atoms with Crippen molar-refractivity contribution in [3.05, 3.63) is 71.8 Å². The van der Waals surface area contributed by atoms with Gasteiger partial charge in [-0.05, 0) is 24.0 Å². The van der Waals surface area contributed by atoms with E-state index in [2.05, 4.69) is 70.5 Å². The lowest BCUT2D eigenvalue weighted by Crippen LogP contribution is -2.52. The highest BCUT2D eigenvalue weighted by atomic mass is 16.5. The molecule has 0 spiro atoms. The van der Waals surface area contributed by atoms with Gasteiger partial charge in [0.15, 0.2) is 0 Å². The standard InChI is InChI=1S/C25H34N2O/c1-4-10-22(11-5-1)20-28-21-25(23-12-6-2-7-13-23)27-18-16-26(17-19-27)24-14-8-3-9-15-24/h1-2,4-7,10-13,24-25H,3,8-9,14-21H2. The lowest BCUT2D eigenvalue weighted by molar-refractivity contribution is 0.0113. The topological polar surface area (TPSA) is 15.7 Å². The summed E-state index contributed by atoms with van der Waals surface area (Å²) in [5.41, 5.74) is 2.62. The van der Waals surface area contributed by atoms with E-state index in [1.807, 2.05) is 0 Å². The largest absolute Gasteiger partial charge is 0.375 e. The number of piperazine rings is 1. The first-order valence-corrected chi connectivity index (χ1v) is 11.0. The zero-order chi connectivity index (χ0) is 19.0. The van der Waals surface area contributed by atoms with Crippen molar-refractivity contribution in [2.75, 3.05) is 32.8 Å². The number of hydrogen-bond donors (Lipinski definition) is 0. The molecule has 2 fully saturated rings. The molecule has 1 saturated carbocycles. The van der Waals surface area contributed by atoms with E-state index in [9.17, 15) is 0 Å². The Morgan fingerprint density at radius 3 is 2.11 bits per heavy atom. The van der Waals surface area contributed by atoms with Gasteiger partial charge in [0.05, 0.1) is 19.3 Å². The molecule has 1 atom stereocenters. The van der Waals surface area contributed by atoms with E-state index in [0.717, 1.165) is 25.7 Å². The maximum atomic E-state index is 6.18. The third-order valence-electron chi connectivity index (χ3n) is 6.45. The van der Waals surface area contributed by atoms with Gasteiger partial charge in [-0.2, -0.15) is 0 Å². The molecule has 2 aromatic carbocycles. The van der Waals surface area contributed by atoms with Crippen LogP contribution in [0, 0.1) is 0 Å². The van der Waals surface area contributed by atoms with E-state index in [1.54, 1.807) is 0 Å². The van der Waals surface area contributed by atoms with Gasteiger partial charge in [-0.15, -0.1) is 0 Å². The highest BCUT2D eigenvalue weighted by Gasteiger charge is 2.29. The SMILES string of the molecule is c1ccc(COCC(c2ccccc2)N2CCN(C3CCCCC3)CC2)cc1. The molecule has 150 valence electrons. The normalized spacial score (nSPS) is 20.9. The van der Waals surface area contributed by atoms with Gasteiger partial charge in [-0.1, -0.05) is 79.9 Å². The summed E-state index contributed by atoms with van der Waals surface area (Å²) in [6, 6.07) is 22.6. The van der Waals surface area contributed by atoms with Crippen LogP contribution in [0.5, 0.6) is 0 Å². The van der Waals surface area contributed by atoms with Crippen LogP contribution in [0.2, 0.25) is 0 Å². The van der Waals surface area contributed by atoms with Crippen molar-refractivity contribution in [2.24, 2.45) is 0 Å². The van der Waals surface area contributed by atoms with Gasteiger partial charge in [0.1, 0.15) is 0 Å². The van der Waals surface area contributed by atoms with Crippen LogP contribution in [0.1, 0.15) is 49.3 Å². The third kappa shape index (κ3) is 5.22. The van der Waals surface area contributed by atoms with Gasteiger partial charge in [-0.25, -0.2) is 0 Å². The van der Waals surface area contributed by atoms with Crippen molar-refractivity contribution in [2.45, 2.75) is 50.8 Å². The lowest BCUT2D eigenvalue weighted by atomic mass is 9.93. The van der Waals surface area contributed by atoms with E-state index >= 15 is 0 Å². The molecule has 1 saturated heterocycles. The Hall–Kier alpha value is -1.68. The molecule has 0 aromatic heterocycles. The van der Waals surface area contributed by atoms with Gasteiger partial charge < -0.3 is 4.74 Å². The van der Waals surface area contributed by atoms with Crippen LogP contribution < -0.4 is 0 Å². The van der Waals surface area contributed by atoms with Crippen molar-refractivity contribution in [3.63, 3.8) is 0 Å². The van der Waals surface area contributed by atoms with Crippen LogP contribution in [-0.2, 0) is 11.3 Å². The highest BCUT2D eigenvalue weighted by molar-refractivity contribution is 5.19. The molecule has 1 unspecified atom stereocenters. The minimum absolute atomic E-state index is 0.346. The summed E-state index contributed by atoms with van der Waals surface area (Å²) in [6.07, 6.45) is 7.09. The molecule has 0 radical (unpaired) electrons. The minimum Gasteiger partial charge on any atom is -0.375 e. The monoisotopic (exact) mass is 378 g/mol. The fourth-order valence-corrected chi connectivity index (χ4v) is 4.81. The number of ether oxygens (including phenoxy) is 1. The van der Waals surface area contributed by atoms with Crippen molar-refractivity contribution >= 4 is 0 Å². The summed E-state index contributed by atoms with van der Waals surface area (Å²) in [5.74, 6) is 0. The summed E-state index contributed by atoms with van der Waals surface area (Å²) >= 11 is 0. The van der Waals surface area contributed by atoms with E-state index in [0.29, 0.717) is 12.6 Å². The fraction of sp³-hybridized carbons (Fsp3) is 0.520. The Morgan fingerprint density at radius 1 is 0.786 bits per heavy atom. The van der Waals surface area contributed by atoms with Crippen LogP contribution in [0.15, 0.2) is 60.7 Å². The second-order valence-electron chi connectivity index (χ2n) is 8.29. The van der Waals surface area contributed by atoms with E-state index in [-0.39, 0.29) is 0 Å². The van der Waals surface area contributed by atoms with Crippen LogP contribution in [-0.4, -0.2) is 48.6 Å². The Kier molecular flexibility index (Phi) is 7.15. The zero-order valence-corrected chi connectivity index (χ0v) is 17.0. The maximum Gasteiger partial charge on any atom is 0.0717 e. The van der Waals surface area contributed by atoms with Crippen molar-refractivity contribution in [1.29, 1.82) is 0 Å². The van der Waals surface area contributed by atoms with Crippen molar-refractivity contribution in [3.8, 4) is 0 Å². The van der Waals surface area contributed by atoms with E-state index < -0.39 is 0 Å². The highest BCUT2D eigenvalue weighted by Crippen LogP contribution is 2.27. The smallest absolute Gasteiger partial charge is 0.0717 e. The molecule has 0 N–H and O–H groups in total. The number of rotatable bonds is 7. The van der Waals surface area contributed by atoms with E-state index in [1.165, 1.54) is 56.3 Å². The summed E-state index contributed by atoms with van der Waals surface area (Å²) in [5, 5.41) is 0. The molecule has 2 aliphatic rings. The molecule has 1 heterocycles. The van der Waals surface area contributed by atoms with Crippen molar-refractivity contribution < 1.29 is 4.74 Å². The van der Waals surface area contributed by atoms with Crippen LogP contribution in [0.3, 0.4) is 0 Å². The van der Waals surface area contributed by atoms with Gasteiger partial charge in [0, 0.05) is 32.2 Å². The minimum atomic E-state index is 0.346. The Bertz CT molecular complexity index is 676. The summed E-state index contributed by atoms with van der Waals surface area (Å²) in [6.45, 7) is 6.13. The second-order valence-corrected chi connectivity index (χ2v) is 8.29. The predicted octanol–water partition coefficient (Wildman–Crippen LogP) is 4.89. The molecule has 0 amide bonds. The molecule has 1 aliphatic carbocycles. The van der Waals surface area contributed by atoms with Crippen LogP contribution in [0.25, 0.3) is 0 Å². The average molecular weight is 379 g/mol. The molecule has 28 heavy (non-hydrogen) atoms. The Morgan fingerprint density at radius 2 is 1.43 bits per heavy atom. The number of hydrogen-bond acceptors (Lipinski definition) is 3.